The van der Waals surface area contributed by atoms with Crippen molar-refractivity contribution in [1.29, 1.82) is 0 Å². The van der Waals surface area contributed by atoms with Crippen molar-refractivity contribution in [3.05, 3.63) is 0 Å². The Hall–Kier alpha value is -0.0800. The third kappa shape index (κ3) is 2.68. The zero-order valence-electron chi connectivity index (χ0n) is 9.51. The molecule has 1 N–H and O–H groups in total. The van der Waals surface area contributed by atoms with Crippen molar-refractivity contribution < 1.29 is 0 Å². The van der Waals surface area contributed by atoms with Gasteiger partial charge in [0, 0.05) is 24.7 Å². The highest BCUT2D eigenvalue weighted by Crippen LogP contribution is 2.25. The van der Waals surface area contributed by atoms with E-state index < -0.39 is 0 Å². The highest BCUT2D eigenvalue weighted by atomic mass is 15.2. The van der Waals surface area contributed by atoms with Crippen LogP contribution in [0.15, 0.2) is 0 Å². The van der Waals surface area contributed by atoms with Crippen LogP contribution in [-0.2, 0) is 0 Å². The molecule has 1 saturated heterocycles. The molecule has 0 bridgehead atoms. The standard InChI is InChI=1S/C11H24N2/c1-5-11-7-6-10(3)13(11)8-9(2)12-4/h9-12H,5-8H2,1-4H3. The topological polar surface area (TPSA) is 15.3 Å². The van der Waals surface area contributed by atoms with Gasteiger partial charge in [-0.05, 0) is 40.2 Å². The lowest BCUT2D eigenvalue weighted by atomic mass is 10.1. The summed E-state index contributed by atoms with van der Waals surface area (Å²) in [5.41, 5.74) is 0. The molecule has 0 saturated carbocycles. The number of likely N-dealkylation sites (N-methyl/N-ethyl adjacent to an activating group) is 1. The highest BCUT2D eigenvalue weighted by molar-refractivity contribution is 4.85. The van der Waals surface area contributed by atoms with Gasteiger partial charge in [-0.1, -0.05) is 6.92 Å². The molecule has 2 heteroatoms. The third-order valence-electron chi connectivity index (χ3n) is 3.40. The molecule has 1 fully saturated rings. The molecule has 0 radical (unpaired) electrons. The summed E-state index contributed by atoms with van der Waals surface area (Å²) in [5, 5.41) is 3.32. The van der Waals surface area contributed by atoms with Crippen LogP contribution in [0.4, 0.5) is 0 Å². The fourth-order valence-corrected chi connectivity index (χ4v) is 2.30. The van der Waals surface area contributed by atoms with Crippen molar-refractivity contribution in [1.82, 2.24) is 10.2 Å². The normalized spacial score (nSPS) is 32.3. The number of rotatable bonds is 4. The first-order chi connectivity index (χ1) is 6.19. The van der Waals surface area contributed by atoms with Gasteiger partial charge in [0.25, 0.3) is 0 Å². The van der Waals surface area contributed by atoms with Gasteiger partial charge in [-0.15, -0.1) is 0 Å². The molecule has 3 atom stereocenters. The van der Waals surface area contributed by atoms with Crippen LogP contribution < -0.4 is 5.32 Å². The van der Waals surface area contributed by atoms with Gasteiger partial charge in [-0.2, -0.15) is 0 Å². The average molecular weight is 184 g/mol. The summed E-state index contributed by atoms with van der Waals surface area (Å²) in [7, 11) is 2.05. The minimum atomic E-state index is 0.620. The van der Waals surface area contributed by atoms with Gasteiger partial charge in [0.2, 0.25) is 0 Å². The maximum atomic E-state index is 3.32. The summed E-state index contributed by atoms with van der Waals surface area (Å²) in [6.45, 7) is 8.13. The summed E-state index contributed by atoms with van der Waals surface area (Å²) >= 11 is 0. The van der Waals surface area contributed by atoms with E-state index in [0.717, 1.165) is 12.1 Å². The molecule has 0 spiro atoms. The summed E-state index contributed by atoms with van der Waals surface area (Å²) in [6.07, 6.45) is 4.09. The van der Waals surface area contributed by atoms with Crippen molar-refractivity contribution >= 4 is 0 Å². The predicted molar refractivity (Wildman–Crippen MR) is 58.0 cm³/mol. The van der Waals surface area contributed by atoms with E-state index >= 15 is 0 Å². The van der Waals surface area contributed by atoms with Crippen LogP contribution in [0.5, 0.6) is 0 Å². The average Bonchev–Trinajstić information content (AvgIpc) is 2.48. The molecule has 1 rings (SSSR count). The maximum absolute atomic E-state index is 3.32. The second-order valence-electron chi connectivity index (χ2n) is 4.37. The molecule has 3 unspecified atom stereocenters. The largest absolute Gasteiger partial charge is 0.316 e. The molecule has 0 aromatic rings. The summed E-state index contributed by atoms with van der Waals surface area (Å²) in [4.78, 5) is 2.67. The van der Waals surface area contributed by atoms with Crippen LogP contribution >= 0.6 is 0 Å². The lowest BCUT2D eigenvalue weighted by molar-refractivity contribution is 0.183. The van der Waals surface area contributed by atoms with Crippen LogP contribution in [0.1, 0.15) is 40.0 Å². The number of nitrogens with zero attached hydrogens (tertiary/aromatic N) is 1. The molecule has 78 valence electrons. The van der Waals surface area contributed by atoms with Crippen molar-refractivity contribution in [2.24, 2.45) is 0 Å². The Balaban J connectivity index is 2.44. The summed E-state index contributed by atoms with van der Waals surface area (Å²) < 4.78 is 0. The van der Waals surface area contributed by atoms with Gasteiger partial charge in [-0.3, -0.25) is 4.90 Å². The van der Waals surface area contributed by atoms with Crippen molar-refractivity contribution in [3.63, 3.8) is 0 Å². The van der Waals surface area contributed by atoms with Crippen LogP contribution in [0.25, 0.3) is 0 Å². The van der Waals surface area contributed by atoms with E-state index in [1.165, 1.54) is 25.8 Å². The van der Waals surface area contributed by atoms with Gasteiger partial charge in [0.1, 0.15) is 0 Å². The predicted octanol–water partition coefficient (Wildman–Crippen LogP) is 1.86. The Morgan fingerprint density at radius 3 is 2.69 bits per heavy atom. The first-order valence-electron chi connectivity index (χ1n) is 5.62. The zero-order valence-corrected chi connectivity index (χ0v) is 9.51. The highest BCUT2D eigenvalue weighted by Gasteiger charge is 2.29. The van der Waals surface area contributed by atoms with Crippen LogP contribution in [0, 0.1) is 0 Å². The smallest absolute Gasteiger partial charge is 0.0163 e. The monoisotopic (exact) mass is 184 g/mol. The van der Waals surface area contributed by atoms with Gasteiger partial charge < -0.3 is 5.32 Å². The summed E-state index contributed by atoms with van der Waals surface area (Å²) in [5.74, 6) is 0. The van der Waals surface area contributed by atoms with Gasteiger partial charge in [0.05, 0.1) is 0 Å². The number of nitrogens with one attached hydrogen (secondary N) is 1. The number of hydrogen-bond acceptors (Lipinski definition) is 2. The summed E-state index contributed by atoms with van der Waals surface area (Å²) in [6, 6.07) is 2.25. The molecule has 0 aromatic carbocycles. The number of likely N-dealkylation sites (tertiary alicyclic amines) is 1. The molecule has 1 heterocycles. The fourth-order valence-electron chi connectivity index (χ4n) is 2.30. The van der Waals surface area contributed by atoms with E-state index in [-0.39, 0.29) is 0 Å². The van der Waals surface area contributed by atoms with Gasteiger partial charge in [0.15, 0.2) is 0 Å². The Bertz CT molecular complexity index is 147. The molecule has 0 aromatic heterocycles. The first-order valence-corrected chi connectivity index (χ1v) is 5.62. The number of hydrogen-bond donors (Lipinski definition) is 1. The molecule has 1 aliphatic rings. The lowest BCUT2D eigenvalue weighted by Crippen LogP contribution is -2.43. The van der Waals surface area contributed by atoms with E-state index in [1.807, 2.05) is 7.05 Å². The maximum Gasteiger partial charge on any atom is 0.0163 e. The van der Waals surface area contributed by atoms with E-state index in [9.17, 15) is 0 Å². The second kappa shape index (κ2) is 4.97. The van der Waals surface area contributed by atoms with Crippen molar-refractivity contribution in [3.8, 4) is 0 Å². The molecule has 1 aliphatic heterocycles. The fraction of sp³-hybridized carbons (Fsp3) is 1.00. The molecule has 0 amide bonds. The van der Waals surface area contributed by atoms with E-state index in [0.29, 0.717) is 6.04 Å². The SMILES string of the molecule is CCC1CCC(C)N1CC(C)NC. The Morgan fingerprint density at radius 2 is 2.15 bits per heavy atom. The Kier molecular flexibility index (Phi) is 4.20. The zero-order chi connectivity index (χ0) is 9.84. The first kappa shape index (κ1) is 11.0. The minimum Gasteiger partial charge on any atom is -0.316 e. The van der Waals surface area contributed by atoms with E-state index in [2.05, 4.69) is 31.0 Å². The molecule has 2 nitrogen and oxygen atoms in total. The molecular formula is C11H24N2. The van der Waals surface area contributed by atoms with Crippen molar-refractivity contribution in [2.75, 3.05) is 13.6 Å². The van der Waals surface area contributed by atoms with E-state index in [4.69, 9.17) is 0 Å². The Labute approximate surface area is 82.7 Å². The minimum absolute atomic E-state index is 0.620. The van der Waals surface area contributed by atoms with Crippen LogP contribution in [-0.4, -0.2) is 36.6 Å². The van der Waals surface area contributed by atoms with Crippen molar-refractivity contribution in [2.45, 2.75) is 58.2 Å². The molecular weight excluding hydrogens is 160 g/mol. The van der Waals surface area contributed by atoms with Gasteiger partial charge >= 0.3 is 0 Å². The third-order valence-corrected chi connectivity index (χ3v) is 3.40. The van der Waals surface area contributed by atoms with E-state index in [1.54, 1.807) is 0 Å². The van der Waals surface area contributed by atoms with Crippen LogP contribution in [0.2, 0.25) is 0 Å². The Morgan fingerprint density at radius 1 is 1.46 bits per heavy atom. The quantitative estimate of drug-likeness (QED) is 0.717. The molecule has 0 aliphatic carbocycles. The lowest BCUT2D eigenvalue weighted by Gasteiger charge is -2.30. The van der Waals surface area contributed by atoms with Gasteiger partial charge in [-0.25, -0.2) is 0 Å². The molecule has 13 heavy (non-hydrogen) atoms. The van der Waals surface area contributed by atoms with Crippen LogP contribution in [0.3, 0.4) is 0 Å². The second-order valence-corrected chi connectivity index (χ2v) is 4.37.